The highest BCUT2D eigenvalue weighted by atomic mass is 16.5. The third-order valence-corrected chi connectivity index (χ3v) is 5.38. The van der Waals surface area contributed by atoms with Crippen molar-refractivity contribution in [3.8, 4) is 0 Å². The Bertz CT molecular complexity index is 562. The van der Waals surface area contributed by atoms with Gasteiger partial charge in [0.05, 0.1) is 23.3 Å². The Hall–Kier alpha value is -1.84. The molecular weight excluding hydrogens is 376 g/mol. The molecule has 0 fully saturated rings. The standard InChI is InChI=1S/C26H42O4/c1-5-7-9-11-13-16-21(3)29-25(27)23-18-15-19-24(20-23)26(28)30-22(4)17-14-12-10-8-6-2/h15,18-22H,5-14,16-17H2,1-4H3/t21-,22-/m1/s1. The Kier molecular flexibility index (Phi) is 13.9. The normalized spacial score (nSPS) is 12.9. The van der Waals surface area contributed by atoms with Crippen LogP contribution in [0.25, 0.3) is 0 Å². The molecule has 4 nitrogen and oxygen atoms in total. The van der Waals surface area contributed by atoms with Gasteiger partial charge in [0.2, 0.25) is 0 Å². The first kappa shape index (κ1) is 26.2. The summed E-state index contributed by atoms with van der Waals surface area (Å²) in [6.45, 7) is 8.25. The Morgan fingerprint density at radius 1 is 0.700 bits per heavy atom. The molecular formula is C26H42O4. The fraction of sp³-hybridized carbons (Fsp3) is 0.692. The lowest BCUT2D eigenvalue weighted by Crippen LogP contribution is -2.17. The molecule has 0 unspecified atom stereocenters. The Morgan fingerprint density at radius 2 is 1.10 bits per heavy atom. The molecule has 170 valence electrons. The fourth-order valence-electron chi connectivity index (χ4n) is 3.46. The quantitative estimate of drug-likeness (QED) is 0.206. The SMILES string of the molecule is CCCCCCC[C@@H](C)OC(=O)c1cccc(C(=O)O[C@H](C)CCCCCCC)c1. The van der Waals surface area contributed by atoms with Gasteiger partial charge in [-0.1, -0.05) is 71.3 Å². The minimum Gasteiger partial charge on any atom is -0.459 e. The largest absolute Gasteiger partial charge is 0.459 e. The van der Waals surface area contributed by atoms with Gasteiger partial charge in [0.1, 0.15) is 0 Å². The molecule has 30 heavy (non-hydrogen) atoms. The van der Waals surface area contributed by atoms with Crippen molar-refractivity contribution in [2.75, 3.05) is 0 Å². The van der Waals surface area contributed by atoms with Gasteiger partial charge in [0.15, 0.2) is 0 Å². The number of rotatable bonds is 16. The Labute approximate surface area is 183 Å². The third kappa shape index (κ3) is 11.4. The van der Waals surface area contributed by atoms with Crippen molar-refractivity contribution in [1.29, 1.82) is 0 Å². The van der Waals surface area contributed by atoms with Gasteiger partial charge in [0, 0.05) is 0 Å². The summed E-state index contributed by atoms with van der Waals surface area (Å²) in [5.74, 6) is -0.760. The van der Waals surface area contributed by atoms with Crippen molar-refractivity contribution in [1.82, 2.24) is 0 Å². The van der Waals surface area contributed by atoms with Crippen molar-refractivity contribution in [3.05, 3.63) is 35.4 Å². The molecule has 0 aliphatic heterocycles. The number of carbonyl (C=O) groups is 2. The van der Waals surface area contributed by atoms with E-state index in [1.54, 1.807) is 24.3 Å². The first-order valence-corrected chi connectivity index (χ1v) is 12.0. The number of ether oxygens (including phenoxy) is 2. The Morgan fingerprint density at radius 3 is 1.50 bits per heavy atom. The van der Waals surface area contributed by atoms with Crippen LogP contribution in [0.5, 0.6) is 0 Å². The average molecular weight is 419 g/mol. The van der Waals surface area contributed by atoms with Gasteiger partial charge in [0.25, 0.3) is 0 Å². The van der Waals surface area contributed by atoms with Gasteiger partial charge in [-0.25, -0.2) is 9.59 Å². The zero-order chi connectivity index (χ0) is 22.2. The number of hydrogen-bond donors (Lipinski definition) is 0. The van der Waals surface area contributed by atoms with Crippen LogP contribution in [-0.2, 0) is 9.47 Å². The van der Waals surface area contributed by atoms with Crippen LogP contribution in [0.3, 0.4) is 0 Å². The average Bonchev–Trinajstić information content (AvgIpc) is 2.73. The van der Waals surface area contributed by atoms with E-state index in [1.807, 2.05) is 13.8 Å². The predicted molar refractivity (Wildman–Crippen MR) is 123 cm³/mol. The smallest absolute Gasteiger partial charge is 0.338 e. The molecule has 0 bridgehead atoms. The van der Waals surface area contributed by atoms with Crippen LogP contribution >= 0.6 is 0 Å². The maximum absolute atomic E-state index is 12.4. The highest BCUT2D eigenvalue weighted by Crippen LogP contribution is 2.15. The second-order valence-electron chi connectivity index (χ2n) is 8.42. The molecule has 4 heteroatoms. The molecule has 0 heterocycles. The maximum Gasteiger partial charge on any atom is 0.338 e. The number of esters is 2. The summed E-state index contributed by atoms with van der Waals surface area (Å²) in [5.41, 5.74) is 0.795. The van der Waals surface area contributed by atoms with Gasteiger partial charge in [-0.3, -0.25) is 0 Å². The number of unbranched alkanes of at least 4 members (excludes halogenated alkanes) is 8. The topological polar surface area (TPSA) is 52.6 Å². The van der Waals surface area contributed by atoms with Gasteiger partial charge in [-0.2, -0.15) is 0 Å². The van der Waals surface area contributed by atoms with Crippen molar-refractivity contribution >= 4 is 11.9 Å². The molecule has 0 saturated heterocycles. The summed E-state index contributed by atoms with van der Waals surface area (Å²) >= 11 is 0. The minimum atomic E-state index is -0.380. The van der Waals surface area contributed by atoms with Gasteiger partial charge in [-0.15, -0.1) is 0 Å². The summed E-state index contributed by atoms with van der Waals surface area (Å²) in [6.07, 6.45) is 13.4. The van der Waals surface area contributed by atoms with Crippen molar-refractivity contribution in [3.63, 3.8) is 0 Å². The molecule has 1 aromatic rings. The molecule has 0 N–H and O–H groups in total. The molecule has 0 aliphatic carbocycles. The van der Waals surface area contributed by atoms with Crippen LogP contribution in [0.15, 0.2) is 24.3 Å². The van der Waals surface area contributed by atoms with E-state index < -0.39 is 0 Å². The summed E-state index contributed by atoms with van der Waals surface area (Å²) < 4.78 is 11.1. The van der Waals surface area contributed by atoms with Gasteiger partial charge in [-0.05, 0) is 57.7 Å². The van der Waals surface area contributed by atoms with E-state index in [1.165, 1.54) is 51.4 Å². The first-order valence-electron chi connectivity index (χ1n) is 12.0. The van der Waals surface area contributed by atoms with E-state index in [9.17, 15) is 9.59 Å². The lowest BCUT2D eigenvalue weighted by molar-refractivity contribution is 0.0318. The lowest BCUT2D eigenvalue weighted by atomic mass is 10.1. The summed E-state index contributed by atoms with van der Waals surface area (Å²) in [5, 5.41) is 0. The second kappa shape index (κ2) is 15.9. The van der Waals surface area contributed by atoms with Crippen LogP contribution in [0.4, 0.5) is 0 Å². The summed E-state index contributed by atoms with van der Waals surface area (Å²) in [7, 11) is 0. The van der Waals surface area contributed by atoms with Crippen LogP contribution in [0.2, 0.25) is 0 Å². The van der Waals surface area contributed by atoms with E-state index in [0.29, 0.717) is 11.1 Å². The van der Waals surface area contributed by atoms with Gasteiger partial charge >= 0.3 is 11.9 Å². The molecule has 0 amide bonds. The van der Waals surface area contributed by atoms with Crippen molar-refractivity contribution in [2.24, 2.45) is 0 Å². The number of benzene rings is 1. The van der Waals surface area contributed by atoms with E-state index in [-0.39, 0.29) is 24.1 Å². The highest BCUT2D eigenvalue weighted by molar-refractivity contribution is 5.95. The minimum absolute atomic E-state index is 0.123. The van der Waals surface area contributed by atoms with Crippen LogP contribution in [-0.4, -0.2) is 24.1 Å². The Balaban J connectivity index is 2.44. The molecule has 0 aliphatic rings. The van der Waals surface area contributed by atoms with E-state index in [2.05, 4.69) is 13.8 Å². The summed E-state index contributed by atoms with van der Waals surface area (Å²) in [6, 6.07) is 6.65. The van der Waals surface area contributed by atoms with Crippen LogP contribution < -0.4 is 0 Å². The monoisotopic (exact) mass is 418 g/mol. The van der Waals surface area contributed by atoms with E-state index in [4.69, 9.17) is 9.47 Å². The number of hydrogen-bond acceptors (Lipinski definition) is 4. The molecule has 0 saturated carbocycles. The molecule has 0 aromatic heterocycles. The lowest BCUT2D eigenvalue weighted by Gasteiger charge is -2.15. The zero-order valence-electron chi connectivity index (χ0n) is 19.6. The first-order chi connectivity index (χ1) is 14.5. The second-order valence-corrected chi connectivity index (χ2v) is 8.42. The fourth-order valence-corrected chi connectivity index (χ4v) is 3.46. The van der Waals surface area contributed by atoms with E-state index >= 15 is 0 Å². The molecule has 1 aromatic carbocycles. The summed E-state index contributed by atoms with van der Waals surface area (Å²) in [4.78, 5) is 24.9. The maximum atomic E-state index is 12.4. The highest BCUT2D eigenvalue weighted by Gasteiger charge is 2.16. The zero-order valence-corrected chi connectivity index (χ0v) is 19.6. The van der Waals surface area contributed by atoms with E-state index in [0.717, 1.165) is 25.7 Å². The molecule has 2 atom stereocenters. The van der Waals surface area contributed by atoms with Crippen LogP contribution in [0.1, 0.15) is 125 Å². The molecule has 1 rings (SSSR count). The molecule has 0 radical (unpaired) electrons. The third-order valence-electron chi connectivity index (χ3n) is 5.38. The van der Waals surface area contributed by atoms with Crippen molar-refractivity contribution < 1.29 is 19.1 Å². The molecule has 0 spiro atoms. The van der Waals surface area contributed by atoms with Gasteiger partial charge < -0.3 is 9.47 Å². The predicted octanol–water partition coefficient (Wildman–Crippen LogP) is 7.50. The number of carbonyl (C=O) groups excluding carboxylic acids is 2. The van der Waals surface area contributed by atoms with Crippen molar-refractivity contribution in [2.45, 2.75) is 117 Å². The van der Waals surface area contributed by atoms with Crippen LogP contribution in [0, 0.1) is 0 Å².